The molecule has 0 saturated carbocycles. The molecule has 0 N–H and O–H groups in total. The SMILES string of the molecule is COc1ccc(N2CCCN(C(=O)c3ccc(S(=O)(=O)N4CCCCCC4)cc3)CC2)cc1. The van der Waals surface area contributed by atoms with E-state index >= 15 is 0 Å². The van der Waals surface area contributed by atoms with E-state index < -0.39 is 10.0 Å². The molecule has 0 unspecified atom stereocenters. The third-order valence-electron chi connectivity index (χ3n) is 6.52. The van der Waals surface area contributed by atoms with Gasteiger partial charge in [-0.05, 0) is 67.8 Å². The molecule has 2 saturated heterocycles. The summed E-state index contributed by atoms with van der Waals surface area (Å²) >= 11 is 0. The summed E-state index contributed by atoms with van der Waals surface area (Å²) in [6.07, 6.45) is 4.83. The molecule has 0 bridgehead atoms. The number of ether oxygens (including phenoxy) is 1. The van der Waals surface area contributed by atoms with Crippen molar-refractivity contribution in [3.63, 3.8) is 0 Å². The Hall–Kier alpha value is -2.58. The second-order valence-electron chi connectivity index (χ2n) is 8.67. The number of hydrogen-bond donors (Lipinski definition) is 0. The van der Waals surface area contributed by atoms with Crippen LogP contribution in [-0.2, 0) is 10.0 Å². The highest BCUT2D eigenvalue weighted by Crippen LogP contribution is 2.23. The first-order valence-electron chi connectivity index (χ1n) is 11.8. The Morgan fingerprint density at radius 1 is 0.758 bits per heavy atom. The number of hydrogen-bond acceptors (Lipinski definition) is 5. The average Bonchev–Trinajstić information content (AvgIpc) is 3.28. The van der Waals surface area contributed by atoms with Crippen LogP contribution in [0.1, 0.15) is 42.5 Å². The van der Waals surface area contributed by atoms with Gasteiger partial charge in [-0.3, -0.25) is 4.79 Å². The third-order valence-corrected chi connectivity index (χ3v) is 8.44. The smallest absolute Gasteiger partial charge is 0.253 e. The van der Waals surface area contributed by atoms with Gasteiger partial charge < -0.3 is 14.5 Å². The Morgan fingerprint density at radius 2 is 1.42 bits per heavy atom. The summed E-state index contributed by atoms with van der Waals surface area (Å²) in [5.74, 6) is 0.775. The Labute approximate surface area is 197 Å². The molecule has 2 aliphatic heterocycles. The fraction of sp³-hybridized carbons (Fsp3) is 0.480. The van der Waals surface area contributed by atoms with Crippen LogP contribution in [0, 0.1) is 0 Å². The summed E-state index contributed by atoms with van der Waals surface area (Å²) in [4.78, 5) is 17.5. The van der Waals surface area contributed by atoms with E-state index in [-0.39, 0.29) is 10.8 Å². The van der Waals surface area contributed by atoms with Crippen molar-refractivity contribution in [2.45, 2.75) is 37.0 Å². The molecule has 2 aromatic rings. The Kier molecular flexibility index (Phi) is 7.55. The molecule has 1 amide bonds. The minimum atomic E-state index is -3.51. The summed E-state index contributed by atoms with van der Waals surface area (Å²) < 4.78 is 32.8. The molecule has 178 valence electrons. The van der Waals surface area contributed by atoms with E-state index in [2.05, 4.69) is 4.90 Å². The van der Waals surface area contributed by atoms with Crippen LogP contribution in [0.4, 0.5) is 5.69 Å². The van der Waals surface area contributed by atoms with Crippen molar-refractivity contribution in [2.75, 3.05) is 51.3 Å². The first-order chi connectivity index (χ1) is 16.0. The van der Waals surface area contributed by atoms with Crippen molar-refractivity contribution >= 4 is 21.6 Å². The highest BCUT2D eigenvalue weighted by molar-refractivity contribution is 7.89. The molecular weight excluding hydrogens is 438 g/mol. The third kappa shape index (κ3) is 5.50. The van der Waals surface area contributed by atoms with Crippen LogP contribution in [0.25, 0.3) is 0 Å². The van der Waals surface area contributed by atoms with Crippen LogP contribution in [0.15, 0.2) is 53.4 Å². The highest BCUT2D eigenvalue weighted by Gasteiger charge is 2.26. The lowest BCUT2D eigenvalue weighted by molar-refractivity contribution is 0.0767. The molecule has 2 aromatic carbocycles. The van der Waals surface area contributed by atoms with Crippen LogP contribution < -0.4 is 9.64 Å². The van der Waals surface area contributed by atoms with Gasteiger partial charge in [-0.15, -0.1) is 0 Å². The summed E-state index contributed by atoms with van der Waals surface area (Å²) in [5, 5.41) is 0. The Balaban J connectivity index is 1.40. The van der Waals surface area contributed by atoms with E-state index in [0.717, 1.165) is 56.6 Å². The van der Waals surface area contributed by atoms with Gasteiger partial charge in [-0.2, -0.15) is 4.31 Å². The molecule has 0 spiro atoms. The van der Waals surface area contributed by atoms with Gasteiger partial charge in [0, 0.05) is 50.5 Å². The van der Waals surface area contributed by atoms with Crippen molar-refractivity contribution in [1.29, 1.82) is 0 Å². The molecule has 33 heavy (non-hydrogen) atoms. The molecule has 0 atom stereocenters. The van der Waals surface area contributed by atoms with Crippen molar-refractivity contribution in [2.24, 2.45) is 0 Å². The van der Waals surface area contributed by atoms with Crippen molar-refractivity contribution < 1.29 is 17.9 Å². The van der Waals surface area contributed by atoms with Crippen LogP contribution in [0.5, 0.6) is 5.75 Å². The zero-order chi connectivity index (χ0) is 23.3. The molecule has 7 nitrogen and oxygen atoms in total. The second kappa shape index (κ2) is 10.6. The lowest BCUT2D eigenvalue weighted by atomic mass is 10.2. The minimum Gasteiger partial charge on any atom is -0.497 e. The van der Waals surface area contributed by atoms with Crippen molar-refractivity contribution in [3.05, 3.63) is 54.1 Å². The molecule has 2 heterocycles. The standard InChI is InChI=1S/C25H33N3O4S/c1-32-23-11-9-22(10-12-23)26-15-6-16-27(20-19-26)25(29)21-7-13-24(14-8-21)33(30,31)28-17-4-2-3-5-18-28/h7-14H,2-6,15-20H2,1H3. The molecular formula is C25H33N3O4S. The molecule has 4 rings (SSSR count). The average molecular weight is 472 g/mol. The van der Waals surface area contributed by atoms with Gasteiger partial charge in [-0.25, -0.2) is 8.42 Å². The number of carbonyl (C=O) groups excluding carboxylic acids is 1. The molecule has 0 aliphatic carbocycles. The number of carbonyl (C=O) groups is 1. The van der Waals surface area contributed by atoms with Crippen LogP contribution in [-0.4, -0.2) is 69.9 Å². The maximum absolute atomic E-state index is 13.1. The monoisotopic (exact) mass is 471 g/mol. The van der Waals surface area contributed by atoms with Crippen LogP contribution in [0.3, 0.4) is 0 Å². The van der Waals surface area contributed by atoms with E-state index in [9.17, 15) is 13.2 Å². The topological polar surface area (TPSA) is 70.2 Å². The van der Waals surface area contributed by atoms with Gasteiger partial charge in [0.05, 0.1) is 12.0 Å². The first kappa shape index (κ1) is 23.6. The fourth-order valence-corrected chi connectivity index (χ4v) is 6.07. The zero-order valence-corrected chi connectivity index (χ0v) is 20.1. The molecule has 8 heteroatoms. The maximum Gasteiger partial charge on any atom is 0.253 e. The van der Waals surface area contributed by atoms with Gasteiger partial charge in [0.2, 0.25) is 10.0 Å². The van der Waals surface area contributed by atoms with E-state index in [0.29, 0.717) is 31.7 Å². The fourth-order valence-electron chi connectivity index (χ4n) is 4.55. The number of nitrogens with zero attached hydrogens (tertiary/aromatic N) is 3. The number of anilines is 1. The number of amides is 1. The minimum absolute atomic E-state index is 0.0506. The number of sulfonamides is 1. The normalized spacial score (nSPS) is 18.5. The van der Waals surface area contributed by atoms with Gasteiger partial charge in [-0.1, -0.05) is 12.8 Å². The van der Waals surface area contributed by atoms with Gasteiger partial charge in [0.15, 0.2) is 0 Å². The quantitative estimate of drug-likeness (QED) is 0.666. The van der Waals surface area contributed by atoms with Crippen molar-refractivity contribution in [1.82, 2.24) is 9.21 Å². The molecule has 0 radical (unpaired) electrons. The summed E-state index contributed by atoms with van der Waals surface area (Å²) in [5.41, 5.74) is 1.65. The highest BCUT2D eigenvalue weighted by atomic mass is 32.2. The second-order valence-corrected chi connectivity index (χ2v) is 10.6. The maximum atomic E-state index is 13.1. The Morgan fingerprint density at radius 3 is 2.06 bits per heavy atom. The number of methoxy groups -OCH3 is 1. The number of rotatable bonds is 5. The van der Waals surface area contributed by atoms with E-state index in [1.807, 2.05) is 29.2 Å². The van der Waals surface area contributed by atoms with Gasteiger partial charge in [0.25, 0.3) is 5.91 Å². The molecule has 2 fully saturated rings. The zero-order valence-electron chi connectivity index (χ0n) is 19.3. The van der Waals surface area contributed by atoms with Gasteiger partial charge >= 0.3 is 0 Å². The summed E-state index contributed by atoms with van der Waals surface area (Å²) in [6, 6.07) is 14.4. The Bertz CT molecular complexity index is 1030. The predicted octanol–water partition coefficient (Wildman–Crippen LogP) is 3.61. The lowest BCUT2D eigenvalue weighted by Crippen LogP contribution is -2.35. The summed E-state index contributed by atoms with van der Waals surface area (Å²) in [7, 11) is -1.85. The van der Waals surface area contributed by atoms with Crippen LogP contribution in [0.2, 0.25) is 0 Å². The van der Waals surface area contributed by atoms with Gasteiger partial charge in [0.1, 0.15) is 5.75 Å². The van der Waals surface area contributed by atoms with E-state index in [4.69, 9.17) is 4.74 Å². The number of benzene rings is 2. The largest absolute Gasteiger partial charge is 0.497 e. The summed E-state index contributed by atoms with van der Waals surface area (Å²) in [6.45, 7) is 4.07. The van der Waals surface area contributed by atoms with Crippen LogP contribution >= 0.6 is 0 Å². The van der Waals surface area contributed by atoms with E-state index in [1.54, 1.807) is 35.7 Å². The first-order valence-corrected chi connectivity index (χ1v) is 13.2. The van der Waals surface area contributed by atoms with E-state index in [1.165, 1.54) is 0 Å². The van der Waals surface area contributed by atoms with Crippen molar-refractivity contribution in [3.8, 4) is 5.75 Å². The molecule has 0 aromatic heterocycles. The predicted molar refractivity (Wildman–Crippen MR) is 129 cm³/mol. The lowest BCUT2D eigenvalue weighted by Gasteiger charge is -2.24. The molecule has 2 aliphatic rings.